The first kappa shape index (κ1) is 13.7. The Labute approximate surface area is 115 Å². The van der Waals surface area contributed by atoms with Gasteiger partial charge in [-0.3, -0.25) is 0 Å². The van der Waals surface area contributed by atoms with Crippen molar-refractivity contribution in [2.45, 2.75) is 37.5 Å². The van der Waals surface area contributed by atoms with E-state index in [1.807, 2.05) is 6.07 Å². The lowest BCUT2D eigenvalue weighted by Crippen LogP contribution is -2.28. The van der Waals surface area contributed by atoms with Gasteiger partial charge in [0.15, 0.2) is 0 Å². The highest BCUT2D eigenvalue weighted by molar-refractivity contribution is 7.99. The molecule has 1 aromatic rings. The molecule has 0 saturated heterocycles. The van der Waals surface area contributed by atoms with E-state index in [-0.39, 0.29) is 0 Å². The summed E-state index contributed by atoms with van der Waals surface area (Å²) in [5, 5.41) is 4.53. The van der Waals surface area contributed by atoms with Gasteiger partial charge in [0, 0.05) is 17.8 Å². The zero-order valence-corrected chi connectivity index (χ0v) is 12.0. The van der Waals surface area contributed by atoms with Crippen molar-refractivity contribution in [2.75, 3.05) is 12.3 Å². The van der Waals surface area contributed by atoms with Gasteiger partial charge >= 0.3 is 0 Å². The molecular formula is C16H23NS. The molecule has 0 aliphatic heterocycles. The third-order valence-corrected chi connectivity index (χ3v) is 4.81. The molecule has 0 heterocycles. The van der Waals surface area contributed by atoms with Gasteiger partial charge in [0.05, 0.1) is 0 Å². The maximum Gasteiger partial charge on any atom is 0.0208 e. The van der Waals surface area contributed by atoms with Crippen LogP contribution < -0.4 is 5.32 Å². The van der Waals surface area contributed by atoms with Crippen LogP contribution in [0.4, 0.5) is 0 Å². The van der Waals surface area contributed by atoms with Gasteiger partial charge in [-0.1, -0.05) is 43.8 Å². The quantitative estimate of drug-likeness (QED) is 0.832. The molecular weight excluding hydrogens is 238 g/mol. The summed E-state index contributed by atoms with van der Waals surface area (Å²) in [6.07, 6.45) is 4.01. The Morgan fingerprint density at radius 1 is 1.33 bits per heavy atom. The molecule has 1 fully saturated rings. The molecule has 0 amide bonds. The zero-order chi connectivity index (χ0) is 12.8. The van der Waals surface area contributed by atoms with Crippen molar-refractivity contribution in [3.63, 3.8) is 0 Å². The molecule has 1 saturated carbocycles. The first-order valence-corrected chi connectivity index (χ1v) is 7.92. The molecule has 2 unspecified atom stereocenters. The minimum absolute atomic E-state index is 0.689. The van der Waals surface area contributed by atoms with Crippen LogP contribution in [0.15, 0.2) is 36.9 Å². The van der Waals surface area contributed by atoms with E-state index in [0.717, 1.165) is 11.8 Å². The van der Waals surface area contributed by atoms with Crippen molar-refractivity contribution in [1.82, 2.24) is 5.32 Å². The largest absolute Gasteiger partial charge is 0.310 e. The minimum atomic E-state index is 0.689. The molecule has 0 spiro atoms. The van der Waals surface area contributed by atoms with E-state index in [4.69, 9.17) is 0 Å². The fourth-order valence-corrected chi connectivity index (χ4v) is 3.70. The maximum atomic E-state index is 4.17. The Morgan fingerprint density at radius 2 is 2.11 bits per heavy atom. The molecule has 2 atom stereocenters. The highest BCUT2D eigenvalue weighted by atomic mass is 32.2. The van der Waals surface area contributed by atoms with Crippen LogP contribution in [0.3, 0.4) is 0 Å². The minimum Gasteiger partial charge on any atom is -0.310 e. The normalized spacial score (nSPS) is 23.2. The van der Waals surface area contributed by atoms with E-state index >= 15 is 0 Å². The van der Waals surface area contributed by atoms with Gasteiger partial charge in [0.1, 0.15) is 0 Å². The second-order valence-electron chi connectivity index (χ2n) is 4.94. The molecule has 1 N–H and O–H groups in total. The predicted molar refractivity (Wildman–Crippen MR) is 83.0 cm³/mol. The predicted octanol–water partition coefficient (Wildman–Crippen LogP) is 3.96. The molecule has 0 bridgehead atoms. The summed E-state index contributed by atoms with van der Waals surface area (Å²) >= 11 is 2.11. The number of thioether (sulfide) groups is 1. The van der Waals surface area contributed by atoms with Crippen LogP contribution in [0.2, 0.25) is 0 Å². The van der Waals surface area contributed by atoms with E-state index in [0.29, 0.717) is 6.04 Å². The molecule has 0 aromatic heterocycles. The van der Waals surface area contributed by atoms with E-state index in [2.05, 4.69) is 54.8 Å². The van der Waals surface area contributed by atoms with Crippen molar-refractivity contribution in [3.05, 3.63) is 42.5 Å². The van der Waals surface area contributed by atoms with E-state index in [1.54, 1.807) is 0 Å². The van der Waals surface area contributed by atoms with Gasteiger partial charge in [0.2, 0.25) is 0 Å². The highest BCUT2D eigenvalue weighted by Gasteiger charge is 2.23. The summed E-state index contributed by atoms with van der Waals surface area (Å²) in [6, 6.07) is 11.2. The topological polar surface area (TPSA) is 12.0 Å². The van der Waals surface area contributed by atoms with Gasteiger partial charge in [-0.2, -0.15) is 11.8 Å². The first-order valence-electron chi connectivity index (χ1n) is 6.87. The Balaban J connectivity index is 1.74. The third kappa shape index (κ3) is 3.89. The lowest BCUT2D eigenvalue weighted by molar-refractivity contribution is 0.561. The van der Waals surface area contributed by atoms with Crippen molar-refractivity contribution >= 4 is 17.3 Å². The molecule has 2 rings (SSSR count). The molecule has 18 heavy (non-hydrogen) atoms. The smallest absolute Gasteiger partial charge is 0.0208 e. The van der Waals surface area contributed by atoms with Gasteiger partial charge in [-0.05, 0) is 36.2 Å². The van der Waals surface area contributed by atoms with Crippen LogP contribution >= 0.6 is 11.8 Å². The van der Waals surface area contributed by atoms with Gasteiger partial charge in [-0.15, -0.1) is 0 Å². The molecule has 98 valence electrons. The summed E-state index contributed by atoms with van der Waals surface area (Å²) < 4.78 is 0. The molecule has 1 nitrogen and oxygen atoms in total. The van der Waals surface area contributed by atoms with Crippen molar-refractivity contribution in [1.29, 1.82) is 0 Å². The third-order valence-electron chi connectivity index (χ3n) is 3.57. The van der Waals surface area contributed by atoms with Crippen molar-refractivity contribution < 1.29 is 0 Å². The number of benzene rings is 1. The molecule has 2 heteroatoms. The Hall–Kier alpha value is -0.730. The lowest BCUT2D eigenvalue weighted by atomic mass is 10.1. The Morgan fingerprint density at radius 3 is 2.83 bits per heavy atom. The Kier molecular flexibility index (Phi) is 5.33. The van der Waals surface area contributed by atoms with Crippen LogP contribution in [-0.2, 0) is 0 Å². The molecule has 1 aliphatic rings. The summed E-state index contributed by atoms with van der Waals surface area (Å²) in [7, 11) is 0. The molecule has 1 aliphatic carbocycles. The molecule has 1 aromatic carbocycles. The van der Waals surface area contributed by atoms with Crippen molar-refractivity contribution in [2.24, 2.45) is 0 Å². The monoisotopic (exact) mass is 261 g/mol. The van der Waals surface area contributed by atoms with E-state index in [1.165, 1.54) is 36.2 Å². The maximum absolute atomic E-state index is 4.17. The lowest BCUT2D eigenvalue weighted by Gasteiger charge is -2.14. The SMILES string of the molecule is C=C(CNC1CCC(SCC)C1)c1ccccc1. The number of rotatable bonds is 6. The second-order valence-corrected chi connectivity index (χ2v) is 6.52. The summed E-state index contributed by atoms with van der Waals surface area (Å²) in [4.78, 5) is 0. The summed E-state index contributed by atoms with van der Waals surface area (Å²) in [5.74, 6) is 1.24. The van der Waals surface area contributed by atoms with Crippen LogP contribution in [-0.4, -0.2) is 23.6 Å². The van der Waals surface area contributed by atoms with Crippen LogP contribution in [0.25, 0.3) is 5.57 Å². The second kappa shape index (κ2) is 7.01. The van der Waals surface area contributed by atoms with Crippen molar-refractivity contribution in [3.8, 4) is 0 Å². The van der Waals surface area contributed by atoms with Crippen LogP contribution in [0.5, 0.6) is 0 Å². The summed E-state index contributed by atoms with van der Waals surface area (Å²) in [6.45, 7) is 7.34. The number of nitrogens with one attached hydrogen (secondary N) is 1. The van der Waals surface area contributed by atoms with Crippen LogP contribution in [0.1, 0.15) is 31.7 Å². The van der Waals surface area contributed by atoms with E-state index < -0.39 is 0 Å². The van der Waals surface area contributed by atoms with Crippen LogP contribution in [0, 0.1) is 0 Å². The standard InChI is InChI=1S/C16H23NS/c1-3-18-16-10-9-15(11-16)17-12-13(2)14-7-5-4-6-8-14/h4-8,15-17H,2-3,9-12H2,1H3. The number of hydrogen-bond acceptors (Lipinski definition) is 2. The van der Waals surface area contributed by atoms with Gasteiger partial charge < -0.3 is 5.32 Å². The summed E-state index contributed by atoms with van der Waals surface area (Å²) in [5.41, 5.74) is 2.45. The van der Waals surface area contributed by atoms with Gasteiger partial charge in [0.25, 0.3) is 0 Å². The Bertz CT molecular complexity index is 374. The fourth-order valence-electron chi connectivity index (χ4n) is 2.56. The average molecular weight is 261 g/mol. The number of hydrogen-bond donors (Lipinski definition) is 1. The molecule has 0 radical (unpaired) electrons. The average Bonchev–Trinajstić information content (AvgIpc) is 2.85. The highest BCUT2D eigenvalue weighted by Crippen LogP contribution is 2.29. The fraction of sp³-hybridized carbons (Fsp3) is 0.500. The van der Waals surface area contributed by atoms with E-state index in [9.17, 15) is 0 Å². The van der Waals surface area contributed by atoms with Gasteiger partial charge in [-0.25, -0.2) is 0 Å². The zero-order valence-electron chi connectivity index (χ0n) is 11.2. The first-order chi connectivity index (χ1) is 8.79.